The van der Waals surface area contributed by atoms with E-state index in [9.17, 15) is 8.42 Å². The first-order valence-electron chi connectivity index (χ1n) is 10.7. The largest absolute Gasteiger partial charge is 0.356 e. The lowest BCUT2D eigenvalue weighted by Gasteiger charge is -2.34. The zero-order valence-electron chi connectivity index (χ0n) is 17.4. The molecule has 2 aromatic heterocycles. The van der Waals surface area contributed by atoms with Crippen molar-refractivity contribution in [1.82, 2.24) is 19.7 Å². The Labute approximate surface area is 181 Å². The van der Waals surface area contributed by atoms with Gasteiger partial charge in [-0.1, -0.05) is 17.3 Å². The Morgan fingerprint density at radius 3 is 2.13 bits per heavy atom. The van der Waals surface area contributed by atoms with Crippen LogP contribution in [0.15, 0.2) is 40.9 Å². The molecule has 0 saturated carbocycles. The molecule has 2 aliphatic rings. The lowest BCUT2D eigenvalue weighted by atomic mass is 10.1. The second-order valence-electron chi connectivity index (χ2n) is 8.07. The molecule has 4 heterocycles. The van der Waals surface area contributed by atoms with Crippen LogP contribution in [-0.2, 0) is 15.8 Å². The maximum atomic E-state index is 13.0. The van der Waals surface area contributed by atoms with Gasteiger partial charge in [-0.05, 0) is 43.5 Å². The van der Waals surface area contributed by atoms with Gasteiger partial charge in [0, 0.05) is 44.7 Å². The van der Waals surface area contributed by atoms with E-state index in [4.69, 9.17) is 4.52 Å². The summed E-state index contributed by atoms with van der Waals surface area (Å²) in [4.78, 5) is 4.36. The van der Waals surface area contributed by atoms with Crippen LogP contribution >= 0.6 is 0 Å². The molecular formula is C21H26N6O3S. The van der Waals surface area contributed by atoms with Crippen LogP contribution in [0.3, 0.4) is 0 Å². The summed E-state index contributed by atoms with van der Waals surface area (Å²) >= 11 is 0. The molecule has 0 aliphatic carbocycles. The first-order chi connectivity index (χ1) is 15.1. The average Bonchev–Trinajstić information content (AvgIpc) is 3.22. The van der Waals surface area contributed by atoms with Gasteiger partial charge in [0.25, 0.3) is 0 Å². The SMILES string of the molecule is O=S(=O)(Cc1noc2ccccc12)N1CCN(c2ccc(N3CCCCC3)nn2)CC1. The smallest absolute Gasteiger partial charge is 0.220 e. The second kappa shape index (κ2) is 8.43. The fourth-order valence-electron chi connectivity index (χ4n) is 4.28. The Hall–Kier alpha value is -2.72. The minimum atomic E-state index is -3.48. The van der Waals surface area contributed by atoms with Gasteiger partial charge in [-0.3, -0.25) is 0 Å². The van der Waals surface area contributed by atoms with Crippen molar-refractivity contribution in [2.45, 2.75) is 25.0 Å². The van der Waals surface area contributed by atoms with Crippen molar-refractivity contribution < 1.29 is 12.9 Å². The number of piperazine rings is 1. The molecule has 0 bridgehead atoms. The summed E-state index contributed by atoms with van der Waals surface area (Å²) in [5.41, 5.74) is 1.06. The maximum absolute atomic E-state index is 13.0. The molecule has 1 aromatic carbocycles. The summed E-state index contributed by atoms with van der Waals surface area (Å²) in [6, 6.07) is 11.3. The minimum Gasteiger partial charge on any atom is -0.356 e. The molecule has 3 aromatic rings. The fourth-order valence-corrected chi connectivity index (χ4v) is 5.74. The van der Waals surface area contributed by atoms with Crippen molar-refractivity contribution in [3.05, 3.63) is 42.1 Å². The molecular weight excluding hydrogens is 416 g/mol. The van der Waals surface area contributed by atoms with Crippen LogP contribution in [0.5, 0.6) is 0 Å². The van der Waals surface area contributed by atoms with Crippen LogP contribution < -0.4 is 9.80 Å². The summed E-state index contributed by atoms with van der Waals surface area (Å²) in [6.07, 6.45) is 3.68. The van der Waals surface area contributed by atoms with Gasteiger partial charge in [0.2, 0.25) is 10.0 Å². The number of benzene rings is 1. The Morgan fingerprint density at radius 1 is 0.806 bits per heavy atom. The molecule has 0 radical (unpaired) electrons. The van der Waals surface area contributed by atoms with Crippen molar-refractivity contribution in [3.8, 4) is 0 Å². The topological polar surface area (TPSA) is 95.7 Å². The molecule has 0 atom stereocenters. The molecule has 0 spiro atoms. The standard InChI is InChI=1S/C21H26N6O3S/c28-31(29,16-18-17-6-2-3-7-19(17)30-24-18)27-14-12-26(13-15-27)21-9-8-20(22-23-21)25-10-4-1-5-11-25/h2-3,6-9H,1,4-5,10-16H2. The number of fused-ring (bicyclic) bond motifs is 1. The minimum absolute atomic E-state index is 0.158. The molecule has 2 saturated heterocycles. The molecule has 2 fully saturated rings. The van der Waals surface area contributed by atoms with Crippen LogP contribution in [0.2, 0.25) is 0 Å². The van der Waals surface area contributed by atoms with Gasteiger partial charge < -0.3 is 14.3 Å². The third kappa shape index (κ3) is 4.22. The lowest BCUT2D eigenvalue weighted by Crippen LogP contribution is -2.49. The van der Waals surface area contributed by atoms with E-state index in [-0.39, 0.29) is 5.75 Å². The number of anilines is 2. The highest BCUT2D eigenvalue weighted by molar-refractivity contribution is 7.88. The van der Waals surface area contributed by atoms with E-state index in [2.05, 4.69) is 25.2 Å². The van der Waals surface area contributed by atoms with Crippen LogP contribution in [-0.4, -0.2) is 67.3 Å². The van der Waals surface area contributed by atoms with E-state index >= 15 is 0 Å². The van der Waals surface area contributed by atoms with Gasteiger partial charge in [0.05, 0.1) is 0 Å². The van der Waals surface area contributed by atoms with Gasteiger partial charge in [-0.2, -0.15) is 4.31 Å². The van der Waals surface area contributed by atoms with Crippen molar-refractivity contribution in [2.24, 2.45) is 0 Å². The Bertz CT molecular complexity index is 1130. The molecule has 9 nitrogen and oxygen atoms in total. The predicted octanol–water partition coefficient (Wildman–Crippen LogP) is 2.26. The average molecular weight is 443 g/mol. The molecule has 0 amide bonds. The van der Waals surface area contributed by atoms with Crippen LogP contribution in [0.1, 0.15) is 25.0 Å². The van der Waals surface area contributed by atoms with E-state index in [0.29, 0.717) is 37.5 Å². The summed E-state index contributed by atoms with van der Waals surface area (Å²) in [5.74, 6) is 1.55. The number of rotatable bonds is 5. The Kier molecular flexibility index (Phi) is 5.49. The van der Waals surface area contributed by atoms with Crippen molar-refractivity contribution in [2.75, 3.05) is 49.1 Å². The van der Waals surface area contributed by atoms with Crippen molar-refractivity contribution >= 4 is 32.6 Å². The number of hydrogen-bond acceptors (Lipinski definition) is 8. The summed E-state index contributed by atoms with van der Waals surface area (Å²) < 4.78 is 32.7. The second-order valence-corrected chi connectivity index (χ2v) is 10.0. The quantitative estimate of drug-likeness (QED) is 0.594. The van der Waals surface area contributed by atoms with Gasteiger partial charge in [0.15, 0.2) is 17.2 Å². The molecule has 0 N–H and O–H groups in total. The molecule has 164 valence electrons. The molecule has 5 rings (SSSR count). The highest BCUT2D eigenvalue weighted by atomic mass is 32.2. The highest BCUT2D eigenvalue weighted by Crippen LogP contribution is 2.23. The monoisotopic (exact) mass is 442 g/mol. The van der Waals surface area contributed by atoms with Crippen molar-refractivity contribution in [3.63, 3.8) is 0 Å². The van der Waals surface area contributed by atoms with Gasteiger partial charge in [0.1, 0.15) is 11.4 Å². The van der Waals surface area contributed by atoms with E-state index in [0.717, 1.165) is 30.1 Å². The van der Waals surface area contributed by atoms with Crippen LogP contribution in [0.4, 0.5) is 11.6 Å². The number of piperidine rings is 1. The first-order valence-corrected chi connectivity index (χ1v) is 12.4. The Morgan fingerprint density at radius 2 is 1.45 bits per heavy atom. The zero-order chi connectivity index (χ0) is 21.3. The van der Waals surface area contributed by atoms with Crippen molar-refractivity contribution in [1.29, 1.82) is 0 Å². The first kappa shape index (κ1) is 20.2. The van der Waals surface area contributed by atoms with Crippen LogP contribution in [0, 0.1) is 0 Å². The van der Waals surface area contributed by atoms with E-state index in [1.165, 1.54) is 23.6 Å². The van der Waals surface area contributed by atoms with Gasteiger partial charge in [-0.15, -0.1) is 10.2 Å². The zero-order valence-corrected chi connectivity index (χ0v) is 18.2. The summed E-state index contributed by atoms with van der Waals surface area (Å²) in [7, 11) is -3.48. The normalized spacial score (nSPS) is 18.6. The number of aromatic nitrogens is 3. The summed E-state index contributed by atoms with van der Waals surface area (Å²) in [6.45, 7) is 4.05. The van der Waals surface area contributed by atoms with Gasteiger partial charge in [-0.25, -0.2) is 8.42 Å². The number of hydrogen-bond donors (Lipinski definition) is 0. The molecule has 0 unspecified atom stereocenters. The predicted molar refractivity (Wildman–Crippen MR) is 119 cm³/mol. The van der Waals surface area contributed by atoms with Crippen LogP contribution in [0.25, 0.3) is 11.0 Å². The number of para-hydroxylation sites is 1. The molecule has 2 aliphatic heterocycles. The Balaban J connectivity index is 1.21. The molecule has 31 heavy (non-hydrogen) atoms. The molecule has 10 heteroatoms. The van der Waals surface area contributed by atoms with E-state index < -0.39 is 10.0 Å². The third-order valence-corrected chi connectivity index (χ3v) is 7.83. The summed E-state index contributed by atoms with van der Waals surface area (Å²) in [5, 5.41) is 13.5. The van der Waals surface area contributed by atoms with E-state index in [1.807, 2.05) is 30.3 Å². The number of sulfonamides is 1. The third-order valence-electron chi connectivity index (χ3n) is 6.04. The lowest BCUT2D eigenvalue weighted by molar-refractivity contribution is 0.381. The maximum Gasteiger partial charge on any atom is 0.220 e. The van der Waals surface area contributed by atoms with E-state index in [1.54, 1.807) is 6.07 Å². The number of nitrogens with zero attached hydrogens (tertiary/aromatic N) is 6. The van der Waals surface area contributed by atoms with Gasteiger partial charge >= 0.3 is 0 Å². The fraction of sp³-hybridized carbons (Fsp3) is 0.476. The highest BCUT2D eigenvalue weighted by Gasteiger charge is 2.29.